The maximum absolute atomic E-state index is 5.71. The van der Waals surface area contributed by atoms with E-state index in [9.17, 15) is 0 Å². The van der Waals surface area contributed by atoms with Crippen molar-refractivity contribution in [3.63, 3.8) is 0 Å². The molecule has 0 aliphatic carbocycles. The fraction of sp³-hybridized carbons (Fsp3) is 0.400. The van der Waals surface area contributed by atoms with E-state index in [0.29, 0.717) is 0 Å². The molecule has 0 radical (unpaired) electrons. The van der Waals surface area contributed by atoms with Gasteiger partial charge in [-0.05, 0) is 24.8 Å². The van der Waals surface area contributed by atoms with Gasteiger partial charge in [-0.25, -0.2) is 0 Å². The summed E-state index contributed by atoms with van der Waals surface area (Å²) in [6.07, 6.45) is 3.19. The molecule has 1 aromatic rings. The lowest BCUT2D eigenvalue weighted by Gasteiger charge is -2.01. The minimum absolute atomic E-state index is 0.00807. The predicted octanol–water partition coefficient (Wildman–Crippen LogP) is 3.50. The largest absolute Gasteiger partial charge is 0.160 e. The van der Waals surface area contributed by atoms with Crippen LogP contribution in [0.2, 0.25) is 0 Å². The molecule has 0 saturated heterocycles. The topological polar surface area (TPSA) is 0 Å². The minimum atomic E-state index is 0.00807. The normalized spacial score (nSPS) is 12.8. The zero-order valence-electron chi connectivity index (χ0n) is 6.91. The van der Waals surface area contributed by atoms with Crippen molar-refractivity contribution in [2.75, 3.05) is 0 Å². The van der Waals surface area contributed by atoms with Gasteiger partial charge in [-0.3, -0.25) is 0 Å². The van der Waals surface area contributed by atoms with E-state index in [-0.39, 0.29) is 4.71 Å². The van der Waals surface area contributed by atoms with Gasteiger partial charge >= 0.3 is 0 Å². The van der Waals surface area contributed by atoms with Crippen LogP contribution in [0.4, 0.5) is 0 Å². The van der Waals surface area contributed by atoms with Gasteiger partial charge in [0.2, 0.25) is 0 Å². The summed E-state index contributed by atoms with van der Waals surface area (Å²) < 4.78 is 0.00807. The number of benzene rings is 1. The molecular weight excluding hydrogens is 188 g/mol. The van der Waals surface area contributed by atoms with Crippen LogP contribution in [0.15, 0.2) is 30.3 Å². The van der Waals surface area contributed by atoms with Gasteiger partial charge in [-0.15, -0.1) is 11.6 Å². The molecule has 0 aromatic heterocycles. The van der Waals surface area contributed by atoms with Crippen molar-refractivity contribution in [1.29, 1.82) is 0 Å². The number of hydrogen-bond acceptors (Lipinski definition) is 1. The molecule has 0 bridgehead atoms. The Labute approximate surface area is 84.3 Å². The van der Waals surface area contributed by atoms with Crippen LogP contribution in [0.25, 0.3) is 0 Å². The van der Waals surface area contributed by atoms with Crippen molar-refractivity contribution in [3.05, 3.63) is 35.9 Å². The highest BCUT2D eigenvalue weighted by Crippen LogP contribution is 2.12. The third-order valence-corrected chi connectivity index (χ3v) is 2.23. The molecule has 0 amide bonds. The highest BCUT2D eigenvalue weighted by molar-refractivity contribution is 7.82. The van der Waals surface area contributed by atoms with E-state index >= 15 is 0 Å². The van der Waals surface area contributed by atoms with Crippen molar-refractivity contribution >= 4 is 24.2 Å². The number of rotatable bonds is 4. The van der Waals surface area contributed by atoms with E-state index in [1.54, 1.807) is 0 Å². The van der Waals surface area contributed by atoms with Crippen molar-refractivity contribution in [2.24, 2.45) is 0 Å². The lowest BCUT2D eigenvalue weighted by Crippen LogP contribution is -1.90. The van der Waals surface area contributed by atoms with Gasteiger partial charge in [0, 0.05) is 0 Å². The number of aryl methyl sites for hydroxylation is 1. The van der Waals surface area contributed by atoms with Crippen molar-refractivity contribution in [2.45, 2.75) is 24.0 Å². The van der Waals surface area contributed by atoms with Gasteiger partial charge in [0.05, 0.1) is 4.71 Å². The first-order valence-corrected chi connectivity index (χ1v) is 5.10. The Morgan fingerprint density at radius 1 is 1.25 bits per heavy atom. The molecule has 1 rings (SSSR count). The van der Waals surface area contributed by atoms with Crippen LogP contribution in [-0.4, -0.2) is 4.71 Å². The standard InChI is InChI=1S/C10H13ClS/c11-10(12)8-4-7-9-5-2-1-3-6-9/h1-3,5-6,10,12H,4,7-8H2. The Bertz CT molecular complexity index is 208. The van der Waals surface area contributed by atoms with E-state index in [1.807, 2.05) is 6.07 Å². The molecule has 0 spiro atoms. The third kappa shape index (κ3) is 4.03. The summed E-state index contributed by atoms with van der Waals surface area (Å²) in [5, 5.41) is 0. The fourth-order valence-electron chi connectivity index (χ4n) is 1.12. The Morgan fingerprint density at radius 2 is 1.92 bits per heavy atom. The van der Waals surface area contributed by atoms with Gasteiger partial charge in [0.1, 0.15) is 0 Å². The van der Waals surface area contributed by atoms with Crippen LogP contribution in [0.1, 0.15) is 18.4 Å². The molecule has 0 aliphatic rings. The monoisotopic (exact) mass is 200 g/mol. The average molecular weight is 201 g/mol. The zero-order valence-corrected chi connectivity index (χ0v) is 8.56. The van der Waals surface area contributed by atoms with Crippen LogP contribution in [0, 0.1) is 0 Å². The van der Waals surface area contributed by atoms with E-state index < -0.39 is 0 Å². The molecule has 0 fully saturated rings. The molecule has 0 nitrogen and oxygen atoms in total. The van der Waals surface area contributed by atoms with Gasteiger partial charge in [0.25, 0.3) is 0 Å². The van der Waals surface area contributed by atoms with Gasteiger partial charge in [0.15, 0.2) is 0 Å². The second kappa shape index (κ2) is 5.50. The van der Waals surface area contributed by atoms with Crippen LogP contribution in [-0.2, 0) is 6.42 Å². The number of hydrogen-bond donors (Lipinski definition) is 1. The summed E-state index contributed by atoms with van der Waals surface area (Å²) in [6, 6.07) is 10.4. The highest BCUT2D eigenvalue weighted by atomic mass is 35.5. The van der Waals surface area contributed by atoms with Crippen LogP contribution >= 0.6 is 24.2 Å². The maximum Gasteiger partial charge on any atom is 0.0759 e. The maximum atomic E-state index is 5.71. The highest BCUT2D eigenvalue weighted by Gasteiger charge is 1.97. The molecule has 0 aliphatic heterocycles. The molecule has 1 unspecified atom stereocenters. The second-order valence-corrected chi connectivity index (χ2v) is 4.27. The Morgan fingerprint density at radius 3 is 2.50 bits per heavy atom. The summed E-state index contributed by atoms with van der Waals surface area (Å²) in [7, 11) is 0. The van der Waals surface area contributed by atoms with Gasteiger partial charge in [-0.2, -0.15) is 12.6 Å². The molecule has 2 heteroatoms. The van der Waals surface area contributed by atoms with E-state index in [2.05, 4.69) is 36.9 Å². The molecule has 0 saturated carbocycles. The van der Waals surface area contributed by atoms with Gasteiger partial charge in [-0.1, -0.05) is 30.3 Å². The molecule has 0 N–H and O–H groups in total. The quantitative estimate of drug-likeness (QED) is 0.558. The van der Waals surface area contributed by atoms with E-state index in [0.717, 1.165) is 19.3 Å². The minimum Gasteiger partial charge on any atom is -0.160 e. The zero-order chi connectivity index (χ0) is 8.81. The molecule has 0 heterocycles. The Kier molecular flexibility index (Phi) is 4.55. The molecule has 1 aromatic carbocycles. The predicted molar refractivity (Wildman–Crippen MR) is 58.0 cm³/mol. The first-order valence-electron chi connectivity index (χ1n) is 4.15. The lowest BCUT2D eigenvalue weighted by atomic mass is 10.1. The molecule has 12 heavy (non-hydrogen) atoms. The van der Waals surface area contributed by atoms with Crippen molar-refractivity contribution in [3.8, 4) is 0 Å². The molecule has 66 valence electrons. The first-order chi connectivity index (χ1) is 5.79. The summed E-state index contributed by atoms with van der Waals surface area (Å²) in [5.41, 5.74) is 1.38. The number of thiol groups is 1. The lowest BCUT2D eigenvalue weighted by molar-refractivity contribution is 0.783. The van der Waals surface area contributed by atoms with Gasteiger partial charge < -0.3 is 0 Å². The third-order valence-electron chi connectivity index (χ3n) is 1.75. The average Bonchev–Trinajstić information content (AvgIpc) is 2.05. The number of halogens is 1. The summed E-state index contributed by atoms with van der Waals surface area (Å²) in [5.74, 6) is 0. The van der Waals surface area contributed by atoms with Crippen molar-refractivity contribution in [1.82, 2.24) is 0 Å². The van der Waals surface area contributed by atoms with Crippen molar-refractivity contribution < 1.29 is 0 Å². The second-order valence-electron chi connectivity index (χ2n) is 2.81. The number of alkyl halides is 1. The van der Waals surface area contributed by atoms with Crippen LogP contribution in [0.5, 0.6) is 0 Å². The molecule has 1 atom stereocenters. The summed E-state index contributed by atoms with van der Waals surface area (Å²) >= 11 is 9.82. The molecular formula is C10H13ClS. The first kappa shape index (κ1) is 9.94. The van der Waals surface area contributed by atoms with E-state index in [4.69, 9.17) is 11.6 Å². The SMILES string of the molecule is SC(Cl)CCCc1ccccc1. The van der Waals surface area contributed by atoms with Crippen LogP contribution in [0.3, 0.4) is 0 Å². The Hall–Kier alpha value is -0.140. The fourth-order valence-corrected chi connectivity index (χ4v) is 1.46. The Balaban J connectivity index is 2.25. The smallest absolute Gasteiger partial charge is 0.0759 e. The van der Waals surface area contributed by atoms with Crippen LogP contribution < -0.4 is 0 Å². The summed E-state index contributed by atoms with van der Waals surface area (Å²) in [6.45, 7) is 0. The summed E-state index contributed by atoms with van der Waals surface area (Å²) in [4.78, 5) is 0. The van der Waals surface area contributed by atoms with E-state index in [1.165, 1.54) is 5.56 Å².